The van der Waals surface area contributed by atoms with E-state index >= 15 is 0 Å². The predicted octanol–water partition coefficient (Wildman–Crippen LogP) is 0.489. The fraction of sp³-hybridized carbons (Fsp3) is 0.444. The monoisotopic (exact) mass is 225 g/mol. The fourth-order valence-corrected chi connectivity index (χ4v) is 1.19. The largest absolute Gasteiger partial charge is 0.409 e. The van der Waals surface area contributed by atoms with E-state index in [1.165, 1.54) is 6.20 Å². The van der Waals surface area contributed by atoms with Gasteiger partial charge in [-0.25, -0.2) is 0 Å². The summed E-state index contributed by atoms with van der Waals surface area (Å²) < 4.78 is 0. The predicted molar refractivity (Wildman–Crippen MR) is 59.2 cm³/mol. The van der Waals surface area contributed by atoms with Gasteiger partial charge in [0.1, 0.15) is 5.82 Å². The number of amidine groups is 1. The first-order chi connectivity index (χ1) is 7.54. The van der Waals surface area contributed by atoms with E-state index in [9.17, 15) is 4.79 Å². The summed E-state index contributed by atoms with van der Waals surface area (Å²) in [6.07, 6.45) is 1.77. The molecule has 0 fully saturated rings. The summed E-state index contributed by atoms with van der Waals surface area (Å²) >= 11 is 0. The van der Waals surface area contributed by atoms with Crippen LogP contribution in [0, 0.1) is 5.92 Å². The highest BCUT2D eigenvalue weighted by Crippen LogP contribution is 2.11. The Morgan fingerprint density at radius 3 is 3.00 bits per heavy atom. The average molecular weight is 225 g/mol. The number of anilines is 1. The molecule has 1 aromatic rings. The van der Waals surface area contributed by atoms with Gasteiger partial charge in [-0.3, -0.25) is 9.89 Å². The first-order valence-electron chi connectivity index (χ1n) is 4.85. The average Bonchev–Trinajstić information content (AvgIpc) is 2.63. The Morgan fingerprint density at radius 1 is 1.75 bits per heavy atom. The summed E-state index contributed by atoms with van der Waals surface area (Å²) in [5.74, 6) is 0.344. The third-order valence-electron chi connectivity index (χ3n) is 1.88. The lowest BCUT2D eigenvalue weighted by atomic mass is 10.1. The van der Waals surface area contributed by atoms with Gasteiger partial charge in [-0.2, -0.15) is 5.10 Å². The maximum absolute atomic E-state index is 11.5. The molecular weight excluding hydrogens is 210 g/mol. The maximum Gasteiger partial charge on any atom is 0.225 e. The van der Waals surface area contributed by atoms with Crippen LogP contribution in [0.3, 0.4) is 0 Å². The second-order valence-corrected chi connectivity index (χ2v) is 3.79. The minimum absolute atomic E-state index is 0.103. The molecule has 0 unspecified atom stereocenters. The van der Waals surface area contributed by atoms with Crippen LogP contribution in [-0.2, 0) is 4.79 Å². The van der Waals surface area contributed by atoms with E-state index in [1.807, 2.05) is 13.8 Å². The molecule has 0 aliphatic heterocycles. The molecular formula is C9H15N5O2. The van der Waals surface area contributed by atoms with E-state index in [2.05, 4.69) is 20.7 Å². The summed E-state index contributed by atoms with van der Waals surface area (Å²) in [5.41, 5.74) is 5.77. The number of amides is 1. The van der Waals surface area contributed by atoms with Gasteiger partial charge in [-0.1, -0.05) is 19.0 Å². The number of nitrogens with one attached hydrogen (secondary N) is 2. The standard InChI is InChI=1S/C9H15N5O2/c1-5(2)3-7(15)12-9-6(4-11-13-9)8(10)14-16/h4-5,16H,3H2,1-2H3,(H2,10,14)(H2,11,12,13,15). The number of carbonyl (C=O) groups excluding carboxylic acids is 1. The number of aromatic nitrogens is 2. The van der Waals surface area contributed by atoms with Crippen molar-refractivity contribution in [1.29, 1.82) is 0 Å². The number of rotatable bonds is 4. The van der Waals surface area contributed by atoms with Gasteiger partial charge in [-0.05, 0) is 5.92 Å². The van der Waals surface area contributed by atoms with Crippen molar-refractivity contribution >= 4 is 17.6 Å². The summed E-state index contributed by atoms with van der Waals surface area (Å²) in [6.45, 7) is 3.88. The molecule has 1 heterocycles. The number of H-pyrrole nitrogens is 1. The minimum atomic E-state index is -0.147. The summed E-state index contributed by atoms with van der Waals surface area (Å²) in [7, 11) is 0. The molecule has 7 heteroatoms. The minimum Gasteiger partial charge on any atom is -0.409 e. The van der Waals surface area contributed by atoms with Crippen LogP contribution >= 0.6 is 0 Å². The molecule has 88 valence electrons. The second kappa shape index (κ2) is 5.15. The Labute approximate surface area is 92.7 Å². The highest BCUT2D eigenvalue weighted by atomic mass is 16.4. The Kier molecular flexibility index (Phi) is 3.87. The van der Waals surface area contributed by atoms with Crippen molar-refractivity contribution in [3.8, 4) is 0 Å². The van der Waals surface area contributed by atoms with Gasteiger partial charge in [0.05, 0.1) is 11.8 Å². The number of nitrogens with two attached hydrogens (primary N) is 1. The van der Waals surface area contributed by atoms with Crippen LogP contribution in [0.2, 0.25) is 0 Å². The number of nitrogens with zero attached hydrogens (tertiary/aromatic N) is 2. The van der Waals surface area contributed by atoms with Gasteiger partial charge in [-0.15, -0.1) is 0 Å². The number of hydrogen-bond acceptors (Lipinski definition) is 4. The summed E-state index contributed by atoms with van der Waals surface area (Å²) in [6, 6.07) is 0. The van der Waals surface area contributed by atoms with Crippen molar-refractivity contribution in [3.63, 3.8) is 0 Å². The smallest absolute Gasteiger partial charge is 0.225 e. The van der Waals surface area contributed by atoms with E-state index in [0.717, 1.165) is 0 Å². The fourth-order valence-electron chi connectivity index (χ4n) is 1.19. The number of aromatic amines is 1. The van der Waals surface area contributed by atoms with Crippen LogP contribution in [0.25, 0.3) is 0 Å². The molecule has 1 amide bonds. The Morgan fingerprint density at radius 2 is 2.44 bits per heavy atom. The van der Waals surface area contributed by atoms with Gasteiger partial charge in [0.15, 0.2) is 5.84 Å². The van der Waals surface area contributed by atoms with E-state index in [1.54, 1.807) is 0 Å². The topological polar surface area (TPSA) is 116 Å². The number of oxime groups is 1. The molecule has 0 radical (unpaired) electrons. The van der Waals surface area contributed by atoms with Gasteiger partial charge < -0.3 is 16.3 Å². The molecule has 7 nitrogen and oxygen atoms in total. The van der Waals surface area contributed by atoms with Gasteiger partial charge in [0.25, 0.3) is 0 Å². The van der Waals surface area contributed by atoms with Crippen molar-refractivity contribution in [2.24, 2.45) is 16.8 Å². The molecule has 0 bridgehead atoms. The zero-order valence-electron chi connectivity index (χ0n) is 9.19. The van der Waals surface area contributed by atoms with E-state index in [0.29, 0.717) is 17.8 Å². The molecule has 0 aliphatic rings. The number of carbonyl (C=O) groups is 1. The third kappa shape index (κ3) is 2.97. The van der Waals surface area contributed by atoms with E-state index < -0.39 is 0 Å². The molecule has 0 aromatic carbocycles. The highest BCUT2D eigenvalue weighted by Gasteiger charge is 2.12. The zero-order chi connectivity index (χ0) is 12.1. The maximum atomic E-state index is 11.5. The zero-order valence-corrected chi connectivity index (χ0v) is 9.19. The van der Waals surface area contributed by atoms with E-state index in [-0.39, 0.29) is 17.7 Å². The van der Waals surface area contributed by atoms with Crippen LogP contribution in [0.15, 0.2) is 11.4 Å². The molecule has 0 aliphatic carbocycles. The normalized spacial score (nSPS) is 11.8. The van der Waals surface area contributed by atoms with Gasteiger partial charge in [0.2, 0.25) is 5.91 Å². The second-order valence-electron chi connectivity index (χ2n) is 3.79. The Bertz CT molecular complexity index is 396. The highest BCUT2D eigenvalue weighted by molar-refractivity contribution is 6.04. The molecule has 1 aromatic heterocycles. The molecule has 5 N–H and O–H groups in total. The lowest BCUT2D eigenvalue weighted by Crippen LogP contribution is -2.19. The van der Waals surface area contributed by atoms with Crippen LogP contribution in [0.5, 0.6) is 0 Å². The van der Waals surface area contributed by atoms with Crippen molar-refractivity contribution in [1.82, 2.24) is 10.2 Å². The SMILES string of the molecule is CC(C)CC(=O)Nc1[nH]ncc1C(N)=NO. The molecule has 16 heavy (non-hydrogen) atoms. The third-order valence-corrected chi connectivity index (χ3v) is 1.88. The lowest BCUT2D eigenvalue weighted by Gasteiger charge is -2.06. The first kappa shape index (κ1) is 12.0. The van der Waals surface area contributed by atoms with Gasteiger partial charge in [0, 0.05) is 6.42 Å². The molecule has 0 saturated heterocycles. The summed E-state index contributed by atoms with van der Waals surface area (Å²) in [5, 5.41) is 20.3. The first-order valence-corrected chi connectivity index (χ1v) is 4.85. The quantitative estimate of drug-likeness (QED) is 0.258. The number of hydrogen-bond donors (Lipinski definition) is 4. The van der Waals surface area contributed by atoms with Crippen molar-refractivity contribution in [2.75, 3.05) is 5.32 Å². The van der Waals surface area contributed by atoms with Crippen LogP contribution < -0.4 is 11.1 Å². The van der Waals surface area contributed by atoms with Crippen molar-refractivity contribution in [3.05, 3.63) is 11.8 Å². The summed E-state index contributed by atoms with van der Waals surface area (Å²) in [4.78, 5) is 11.5. The van der Waals surface area contributed by atoms with Crippen LogP contribution in [-0.4, -0.2) is 27.1 Å². The van der Waals surface area contributed by atoms with Crippen LogP contribution in [0.1, 0.15) is 25.8 Å². The van der Waals surface area contributed by atoms with Crippen LogP contribution in [0.4, 0.5) is 5.82 Å². The van der Waals surface area contributed by atoms with Crippen molar-refractivity contribution in [2.45, 2.75) is 20.3 Å². The Balaban J connectivity index is 2.75. The molecule has 1 rings (SSSR count). The molecule has 0 saturated carbocycles. The molecule has 0 atom stereocenters. The van der Waals surface area contributed by atoms with Gasteiger partial charge >= 0.3 is 0 Å². The Hall–Kier alpha value is -2.05. The molecule has 0 spiro atoms. The lowest BCUT2D eigenvalue weighted by molar-refractivity contribution is -0.116. The van der Waals surface area contributed by atoms with Crippen molar-refractivity contribution < 1.29 is 10.0 Å². The van der Waals surface area contributed by atoms with E-state index in [4.69, 9.17) is 10.9 Å².